The van der Waals surface area contributed by atoms with Crippen LogP contribution in [0.3, 0.4) is 0 Å². The highest BCUT2D eigenvalue weighted by Gasteiger charge is 2.35. The molecule has 0 fully saturated rings. The second-order valence-corrected chi connectivity index (χ2v) is 6.65. The van der Waals surface area contributed by atoms with Crippen molar-refractivity contribution < 1.29 is 23.7 Å². The van der Waals surface area contributed by atoms with E-state index in [-0.39, 0.29) is 9.90 Å². The topological polar surface area (TPSA) is 140 Å². The highest BCUT2D eigenvalue weighted by molar-refractivity contribution is 7.91. The summed E-state index contributed by atoms with van der Waals surface area (Å²) in [6.45, 7) is -0.933. The molecule has 10 heteroatoms. The van der Waals surface area contributed by atoms with Crippen molar-refractivity contribution >= 4 is 21.4 Å². The first-order chi connectivity index (χ1) is 8.30. The molecule has 5 N–H and O–H groups in total. The number of aromatic amines is 1. The summed E-state index contributed by atoms with van der Waals surface area (Å²) in [7, 11) is -4.11. The zero-order valence-electron chi connectivity index (χ0n) is 9.50. The average molecular weight is 298 g/mol. The first kappa shape index (κ1) is 15.3. The van der Waals surface area contributed by atoms with Crippen LogP contribution in [0.1, 0.15) is 5.69 Å². The summed E-state index contributed by atoms with van der Waals surface area (Å²) in [5, 5.41) is 27.1. The molecule has 0 aromatic carbocycles. The molecule has 0 amide bonds. The number of aliphatic hydroxyl groups excluding tert-OH is 3. The third-order valence-corrected chi connectivity index (χ3v) is 5.47. The minimum Gasteiger partial charge on any atom is -0.394 e. The fraction of sp³-hybridized carbons (Fsp3) is 0.625. The number of nitrogens with one attached hydrogen (secondary N) is 2. The van der Waals surface area contributed by atoms with E-state index in [1.165, 1.54) is 6.92 Å². The van der Waals surface area contributed by atoms with Crippen LogP contribution in [0.25, 0.3) is 0 Å². The van der Waals surface area contributed by atoms with Gasteiger partial charge in [-0.3, -0.25) is 4.79 Å². The Hall–Kier alpha value is -0.780. The maximum atomic E-state index is 12.0. The minimum atomic E-state index is -4.11. The zero-order chi connectivity index (χ0) is 14.0. The van der Waals surface area contributed by atoms with Crippen molar-refractivity contribution in [3.8, 4) is 0 Å². The van der Waals surface area contributed by atoms with Gasteiger partial charge in [-0.25, -0.2) is 8.42 Å². The summed E-state index contributed by atoms with van der Waals surface area (Å²) >= 11 is 0.487. The number of aromatic nitrogens is 1. The third kappa shape index (κ3) is 2.96. The lowest BCUT2D eigenvalue weighted by atomic mass is 10.1. The molecule has 0 spiro atoms. The molecule has 1 aromatic heterocycles. The molecule has 0 aliphatic carbocycles. The number of hydrogen-bond acceptors (Lipinski definition) is 7. The van der Waals surface area contributed by atoms with Crippen LogP contribution in [-0.4, -0.2) is 54.1 Å². The lowest BCUT2D eigenvalue weighted by Crippen LogP contribution is -2.56. The van der Waals surface area contributed by atoms with E-state index in [9.17, 15) is 13.2 Å². The monoisotopic (exact) mass is 298 g/mol. The normalized spacial score (nSPS) is 12.9. The van der Waals surface area contributed by atoms with Gasteiger partial charge in [0.2, 0.25) is 0 Å². The molecule has 1 heterocycles. The van der Waals surface area contributed by atoms with Crippen molar-refractivity contribution in [3.63, 3.8) is 0 Å². The first-order valence-electron chi connectivity index (χ1n) is 4.86. The maximum absolute atomic E-state index is 12.0. The fourth-order valence-electron chi connectivity index (χ4n) is 1.22. The molecule has 0 saturated heterocycles. The number of aryl methyl sites for hydroxylation is 1. The smallest absolute Gasteiger partial charge is 0.305 e. The molecular weight excluding hydrogens is 284 g/mol. The molecule has 0 bridgehead atoms. The number of rotatable bonds is 6. The number of sulfonamides is 1. The van der Waals surface area contributed by atoms with E-state index in [1.54, 1.807) is 0 Å². The van der Waals surface area contributed by atoms with Crippen LogP contribution < -0.4 is 9.60 Å². The summed E-state index contributed by atoms with van der Waals surface area (Å²) in [6.07, 6.45) is 0. The van der Waals surface area contributed by atoms with Gasteiger partial charge in [0.05, 0.1) is 19.8 Å². The van der Waals surface area contributed by atoms with Crippen LogP contribution in [-0.2, 0) is 10.0 Å². The van der Waals surface area contributed by atoms with E-state index < -0.39 is 40.3 Å². The van der Waals surface area contributed by atoms with Gasteiger partial charge in [-0.1, -0.05) is 11.3 Å². The van der Waals surface area contributed by atoms with E-state index in [4.69, 9.17) is 15.3 Å². The van der Waals surface area contributed by atoms with E-state index in [1.807, 2.05) is 4.72 Å². The summed E-state index contributed by atoms with van der Waals surface area (Å²) in [5.41, 5.74) is -1.61. The second-order valence-electron chi connectivity index (χ2n) is 3.79. The molecule has 104 valence electrons. The van der Waals surface area contributed by atoms with E-state index in [2.05, 4.69) is 4.98 Å². The van der Waals surface area contributed by atoms with Gasteiger partial charge in [0.1, 0.15) is 5.54 Å². The Morgan fingerprint density at radius 2 is 1.78 bits per heavy atom. The van der Waals surface area contributed by atoms with E-state index in [0.717, 1.165) is 0 Å². The molecule has 8 nitrogen and oxygen atoms in total. The molecule has 0 saturated carbocycles. The van der Waals surface area contributed by atoms with Crippen molar-refractivity contribution in [2.75, 3.05) is 19.8 Å². The lowest BCUT2D eigenvalue weighted by Gasteiger charge is -2.27. The van der Waals surface area contributed by atoms with Gasteiger partial charge >= 0.3 is 4.87 Å². The van der Waals surface area contributed by atoms with E-state index >= 15 is 0 Å². The first-order valence-corrected chi connectivity index (χ1v) is 7.16. The van der Waals surface area contributed by atoms with Gasteiger partial charge in [0.25, 0.3) is 10.0 Å². The number of aliphatic hydroxyl groups is 3. The standard InChI is InChI=1S/C8H14N2O6S2/c1-5-6(17-7(14)9-5)18(15,16)10-8(2-11,3-12)4-13/h10-13H,2-4H2,1H3,(H,9,14). The van der Waals surface area contributed by atoms with E-state index in [0.29, 0.717) is 11.3 Å². The third-order valence-electron chi connectivity index (χ3n) is 2.28. The molecule has 1 rings (SSSR count). The minimum absolute atomic E-state index is 0.153. The predicted molar refractivity (Wildman–Crippen MR) is 64.0 cm³/mol. The van der Waals surface area contributed by atoms with Gasteiger partial charge in [0.15, 0.2) is 4.21 Å². The molecule has 0 unspecified atom stereocenters. The SMILES string of the molecule is Cc1[nH]c(=O)sc1S(=O)(=O)NC(CO)(CO)CO. The Bertz CT molecular complexity index is 548. The Balaban J connectivity index is 3.16. The molecule has 0 radical (unpaired) electrons. The Labute approximate surface area is 107 Å². The highest BCUT2D eigenvalue weighted by Crippen LogP contribution is 2.18. The van der Waals surface area contributed by atoms with Crippen LogP contribution in [0.4, 0.5) is 0 Å². The van der Waals surface area contributed by atoms with Crippen molar-refractivity contribution in [2.24, 2.45) is 0 Å². The van der Waals surface area contributed by atoms with Crippen LogP contribution >= 0.6 is 11.3 Å². The summed E-state index contributed by atoms with van der Waals surface area (Å²) < 4.78 is 25.7. The molecule has 0 atom stereocenters. The van der Waals surface area contributed by atoms with Gasteiger partial charge < -0.3 is 20.3 Å². The van der Waals surface area contributed by atoms with Gasteiger partial charge in [0, 0.05) is 5.69 Å². The molecule has 0 aliphatic rings. The largest absolute Gasteiger partial charge is 0.394 e. The zero-order valence-corrected chi connectivity index (χ0v) is 11.1. The quantitative estimate of drug-likeness (QED) is 0.401. The van der Waals surface area contributed by atoms with Gasteiger partial charge in [-0.05, 0) is 6.92 Å². The van der Waals surface area contributed by atoms with Crippen LogP contribution in [0.2, 0.25) is 0 Å². The van der Waals surface area contributed by atoms with Crippen molar-refractivity contribution in [3.05, 3.63) is 15.4 Å². The van der Waals surface area contributed by atoms with Crippen molar-refractivity contribution in [1.82, 2.24) is 9.71 Å². The molecule has 18 heavy (non-hydrogen) atoms. The average Bonchev–Trinajstić information content (AvgIpc) is 2.66. The number of hydrogen-bond donors (Lipinski definition) is 5. The summed E-state index contributed by atoms with van der Waals surface area (Å²) in [5.74, 6) is 0. The predicted octanol–water partition coefficient (Wildman–Crippen LogP) is -2.26. The summed E-state index contributed by atoms with van der Waals surface area (Å²) in [4.78, 5) is 12.8. The number of thiazole rings is 1. The fourth-order valence-corrected chi connectivity index (χ4v) is 3.90. The summed E-state index contributed by atoms with van der Waals surface area (Å²) in [6, 6.07) is 0. The Kier molecular flexibility index (Phi) is 4.64. The van der Waals surface area contributed by atoms with Crippen LogP contribution in [0.15, 0.2) is 9.00 Å². The van der Waals surface area contributed by atoms with Crippen LogP contribution in [0, 0.1) is 6.92 Å². The Morgan fingerprint density at radius 3 is 2.11 bits per heavy atom. The van der Waals surface area contributed by atoms with Crippen LogP contribution in [0.5, 0.6) is 0 Å². The number of H-pyrrole nitrogens is 1. The van der Waals surface area contributed by atoms with Gasteiger partial charge in [-0.2, -0.15) is 4.72 Å². The lowest BCUT2D eigenvalue weighted by molar-refractivity contribution is 0.0582. The highest BCUT2D eigenvalue weighted by atomic mass is 32.2. The molecular formula is C8H14N2O6S2. The van der Waals surface area contributed by atoms with Gasteiger partial charge in [-0.15, -0.1) is 0 Å². The second kappa shape index (κ2) is 5.47. The molecule has 1 aromatic rings. The maximum Gasteiger partial charge on any atom is 0.305 e. The molecule has 0 aliphatic heterocycles. The van der Waals surface area contributed by atoms with Crippen molar-refractivity contribution in [1.29, 1.82) is 0 Å². The Morgan fingerprint density at radius 1 is 1.28 bits per heavy atom. The van der Waals surface area contributed by atoms with Crippen molar-refractivity contribution in [2.45, 2.75) is 16.7 Å².